The standard InChI is InChI=1S/C14H21N5O/c15-14(20)18-10-3-2-7-19(8-6-10)13-11-4-1-5-12(11)16-9-17-13/h9-10H,1-8H2,(H3,15,18,20). The number of aryl methyl sites for hydroxylation is 1. The first-order valence-corrected chi connectivity index (χ1v) is 7.37. The van der Waals surface area contributed by atoms with Crippen LogP contribution >= 0.6 is 0 Å². The SMILES string of the molecule is NC(=O)NC1CCCN(c2ncnc3c2CCC3)CC1. The first-order valence-electron chi connectivity index (χ1n) is 7.37. The Balaban J connectivity index is 1.72. The van der Waals surface area contributed by atoms with Gasteiger partial charge in [-0.1, -0.05) is 0 Å². The van der Waals surface area contributed by atoms with Crippen molar-refractivity contribution in [3.8, 4) is 0 Å². The Hall–Kier alpha value is -1.85. The number of nitrogens with two attached hydrogens (primary N) is 1. The van der Waals surface area contributed by atoms with Crippen LogP contribution in [0.4, 0.5) is 10.6 Å². The number of rotatable bonds is 2. The first kappa shape index (κ1) is 13.1. The van der Waals surface area contributed by atoms with E-state index in [0.29, 0.717) is 0 Å². The number of anilines is 1. The number of primary amides is 1. The summed E-state index contributed by atoms with van der Waals surface area (Å²) in [6, 6.07) is -0.237. The van der Waals surface area contributed by atoms with Crippen molar-refractivity contribution in [2.24, 2.45) is 5.73 Å². The molecule has 2 amide bonds. The Morgan fingerprint density at radius 1 is 1.25 bits per heavy atom. The minimum Gasteiger partial charge on any atom is -0.356 e. The van der Waals surface area contributed by atoms with Gasteiger partial charge in [0.15, 0.2) is 0 Å². The summed E-state index contributed by atoms with van der Waals surface area (Å²) in [6.07, 6.45) is 7.97. The molecule has 6 nitrogen and oxygen atoms in total. The summed E-state index contributed by atoms with van der Waals surface area (Å²) >= 11 is 0. The summed E-state index contributed by atoms with van der Waals surface area (Å²) in [5.74, 6) is 1.10. The van der Waals surface area contributed by atoms with Crippen molar-refractivity contribution in [3.63, 3.8) is 0 Å². The molecule has 3 N–H and O–H groups in total. The van der Waals surface area contributed by atoms with Gasteiger partial charge in [-0.3, -0.25) is 0 Å². The lowest BCUT2D eigenvalue weighted by atomic mass is 10.1. The van der Waals surface area contributed by atoms with Crippen molar-refractivity contribution in [1.82, 2.24) is 15.3 Å². The summed E-state index contributed by atoms with van der Waals surface area (Å²) in [5.41, 5.74) is 7.75. The van der Waals surface area contributed by atoms with Crippen molar-refractivity contribution in [2.75, 3.05) is 18.0 Å². The zero-order valence-electron chi connectivity index (χ0n) is 11.6. The quantitative estimate of drug-likeness (QED) is 0.843. The van der Waals surface area contributed by atoms with Gasteiger partial charge in [-0.2, -0.15) is 0 Å². The highest BCUT2D eigenvalue weighted by Crippen LogP contribution is 2.29. The molecule has 0 radical (unpaired) electrons. The first-order chi connectivity index (χ1) is 9.74. The lowest BCUT2D eigenvalue weighted by molar-refractivity contribution is 0.244. The van der Waals surface area contributed by atoms with E-state index < -0.39 is 6.03 Å². The third kappa shape index (κ3) is 2.69. The van der Waals surface area contributed by atoms with Crippen molar-refractivity contribution in [3.05, 3.63) is 17.6 Å². The fourth-order valence-corrected chi connectivity index (χ4v) is 3.27. The van der Waals surface area contributed by atoms with E-state index in [1.165, 1.54) is 17.7 Å². The van der Waals surface area contributed by atoms with Crippen LogP contribution in [-0.4, -0.2) is 35.1 Å². The minimum absolute atomic E-state index is 0.187. The van der Waals surface area contributed by atoms with Gasteiger partial charge in [0.2, 0.25) is 0 Å². The lowest BCUT2D eigenvalue weighted by Crippen LogP contribution is -2.39. The van der Waals surface area contributed by atoms with Crippen LogP contribution in [0.25, 0.3) is 0 Å². The van der Waals surface area contributed by atoms with Crippen LogP contribution in [0.2, 0.25) is 0 Å². The molecule has 20 heavy (non-hydrogen) atoms. The molecule has 6 heteroatoms. The number of carbonyl (C=O) groups excluding carboxylic acids is 1. The monoisotopic (exact) mass is 275 g/mol. The molecule has 1 fully saturated rings. The molecular formula is C14H21N5O. The molecule has 108 valence electrons. The molecule has 0 spiro atoms. The zero-order valence-corrected chi connectivity index (χ0v) is 11.6. The maximum absolute atomic E-state index is 11.0. The number of nitrogens with one attached hydrogen (secondary N) is 1. The molecule has 3 rings (SSSR count). The number of hydrogen-bond acceptors (Lipinski definition) is 4. The van der Waals surface area contributed by atoms with Gasteiger partial charge in [0, 0.05) is 30.4 Å². The predicted molar refractivity (Wildman–Crippen MR) is 76.6 cm³/mol. The topological polar surface area (TPSA) is 84.1 Å². The van der Waals surface area contributed by atoms with Crippen LogP contribution in [0.1, 0.15) is 36.9 Å². The number of aromatic nitrogens is 2. The molecule has 1 aliphatic heterocycles. The summed E-state index contributed by atoms with van der Waals surface area (Å²) in [5, 5.41) is 2.83. The van der Waals surface area contributed by atoms with Crippen LogP contribution in [-0.2, 0) is 12.8 Å². The highest BCUT2D eigenvalue weighted by Gasteiger charge is 2.24. The van der Waals surface area contributed by atoms with E-state index in [1.54, 1.807) is 6.33 Å². The third-order valence-electron chi connectivity index (χ3n) is 4.23. The smallest absolute Gasteiger partial charge is 0.312 e. The van der Waals surface area contributed by atoms with Gasteiger partial charge in [-0.25, -0.2) is 14.8 Å². The molecule has 1 aliphatic carbocycles. The molecular weight excluding hydrogens is 254 g/mol. The molecule has 2 aliphatic rings. The Labute approximate surface area is 118 Å². The van der Waals surface area contributed by atoms with Crippen LogP contribution < -0.4 is 16.0 Å². The maximum atomic E-state index is 11.0. The molecule has 0 aromatic carbocycles. The zero-order chi connectivity index (χ0) is 13.9. The molecule has 0 saturated carbocycles. The Morgan fingerprint density at radius 3 is 3.00 bits per heavy atom. The predicted octanol–water partition coefficient (Wildman–Crippen LogP) is 0.992. The van der Waals surface area contributed by atoms with Crippen molar-refractivity contribution in [2.45, 2.75) is 44.6 Å². The molecule has 0 bridgehead atoms. The van der Waals surface area contributed by atoms with Crippen LogP contribution in [0.5, 0.6) is 0 Å². The Morgan fingerprint density at radius 2 is 2.15 bits per heavy atom. The number of amides is 2. The van der Waals surface area contributed by atoms with E-state index in [-0.39, 0.29) is 6.04 Å². The second kappa shape index (κ2) is 5.64. The van der Waals surface area contributed by atoms with Crippen molar-refractivity contribution < 1.29 is 4.79 Å². The number of nitrogens with zero attached hydrogens (tertiary/aromatic N) is 3. The summed E-state index contributed by atoms with van der Waals surface area (Å²) in [7, 11) is 0. The molecule has 1 aromatic rings. The fourth-order valence-electron chi connectivity index (χ4n) is 3.27. The lowest BCUT2D eigenvalue weighted by Gasteiger charge is -2.23. The van der Waals surface area contributed by atoms with E-state index in [4.69, 9.17) is 5.73 Å². The second-order valence-corrected chi connectivity index (χ2v) is 5.60. The van der Waals surface area contributed by atoms with Gasteiger partial charge in [0.1, 0.15) is 12.1 Å². The van der Waals surface area contributed by atoms with Gasteiger partial charge in [0.05, 0.1) is 0 Å². The normalized spacial score (nSPS) is 22.2. The van der Waals surface area contributed by atoms with Crippen molar-refractivity contribution >= 4 is 11.8 Å². The van der Waals surface area contributed by atoms with Gasteiger partial charge in [0.25, 0.3) is 0 Å². The van der Waals surface area contributed by atoms with Gasteiger partial charge < -0.3 is 16.0 Å². The molecule has 1 aromatic heterocycles. The summed E-state index contributed by atoms with van der Waals surface area (Å²) in [6.45, 7) is 1.90. The van der Waals surface area contributed by atoms with E-state index in [1.807, 2.05) is 0 Å². The Kier molecular flexibility index (Phi) is 3.71. The largest absolute Gasteiger partial charge is 0.356 e. The average Bonchev–Trinajstić information content (AvgIpc) is 2.79. The summed E-state index contributed by atoms with van der Waals surface area (Å²) < 4.78 is 0. The molecule has 1 atom stereocenters. The van der Waals surface area contributed by atoms with Crippen LogP contribution in [0.3, 0.4) is 0 Å². The minimum atomic E-state index is -0.425. The van der Waals surface area contributed by atoms with Gasteiger partial charge in [-0.05, 0) is 38.5 Å². The number of carbonyl (C=O) groups is 1. The van der Waals surface area contributed by atoms with Gasteiger partial charge in [-0.15, -0.1) is 0 Å². The summed E-state index contributed by atoms with van der Waals surface area (Å²) in [4.78, 5) is 22.2. The van der Waals surface area contributed by atoms with E-state index in [2.05, 4.69) is 20.2 Å². The van der Waals surface area contributed by atoms with E-state index in [9.17, 15) is 4.79 Å². The van der Waals surface area contributed by atoms with E-state index >= 15 is 0 Å². The fraction of sp³-hybridized carbons (Fsp3) is 0.643. The van der Waals surface area contributed by atoms with Crippen LogP contribution in [0, 0.1) is 0 Å². The average molecular weight is 275 g/mol. The van der Waals surface area contributed by atoms with Crippen LogP contribution in [0.15, 0.2) is 6.33 Å². The molecule has 2 heterocycles. The third-order valence-corrected chi connectivity index (χ3v) is 4.23. The van der Waals surface area contributed by atoms with Gasteiger partial charge >= 0.3 is 6.03 Å². The number of fused-ring (bicyclic) bond motifs is 1. The van der Waals surface area contributed by atoms with E-state index in [0.717, 1.165) is 51.0 Å². The number of urea groups is 1. The Bertz CT molecular complexity index is 504. The maximum Gasteiger partial charge on any atom is 0.312 e. The molecule has 1 saturated heterocycles. The number of hydrogen-bond donors (Lipinski definition) is 2. The molecule has 1 unspecified atom stereocenters. The second-order valence-electron chi connectivity index (χ2n) is 5.60. The van der Waals surface area contributed by atoms with Crippen molar-refractivity contribution in [1.29, 1.82) is 0 Å². The highest BCUT2D eigenvalue weighted by atomic mass is 16.2. The highest BCUT2D eigenvalue weighted by molar-refractivity contribution is 5.71.